The molecule has 0 saturated carbocycles. The van der Waals surface area contributed by atoms with Gasteiger partial charge in [0, 0.05) is 19.5 Å². The maximum absolute atomic E-state index is 11.1. The first-order chi connectivity index (χ1) is 8.72. The van der Waals surface area contributed by atoms with E-state index in [9.17, 15) is 9.90 Å². The number of esters is 1. The lowest BCUT2D eigenvalue weighted by molar-refractivity contribution is -0.143. The number of hydrogen-bond acceptors (Lipinski definition) is 5. The van der Waals surface area contributed by atoms with Gasteiger partial charge >= 0.3 is 5.97 Å². The van der Waals surface area contributed by atoms with Crippen molar-refractivity contribution in [2.45, 2.75) is 38.7 Å². The molecule has 1 heterocycles. The molecule has 18 heavy (non-hydrogen) atoms. The molecule has 0 radical (unpaired) electrons. The molecule has 1 rings (SSSR count). The maximum atomic E-state index is 11.1. The van der Waals surface area contributed by atoms with Gasteiger partial charge in [0.2, 0.25) is 0 Å². The van der Waals surface area contributed by atoms with Crippen molar-refractivity contribution >= 4 is 5.97 Å². The molecule has 106 valence electrons. The summed E-state index contributed by atoms with van der Waals surface area (Å²) >= 11 is 0. The van der Waals surface area contributed by atoms with E-state index in [1.807, 2.05) is 6.92 Å². The van der Waals surface area contributed by atoms with E-state index in [1.54, 1.807) is 0 Å². The van der Waals surface area contributed by atoms with Gasteiger partial charge in [0.15, 0.2) is 0 Å². The highest BCUT2D eigenvalue weighted by Crippen LogP contribution is 2.07. The molecule has 5 heteroatoms. The predicted molar refractivity (Wildman–Crippen MR) is 70.4 cm³/mol. The van der Waals surface area contributed by atoms with Crippen LogP contribution in [0.5, 0.6) is 0 Å². The second-order valence-electron chi connectivity index (χ2n) is 4.77. The second kappa shape index (κ2) is 9.30. The van der Waals surface area contributed by atoms with Gasteiger partial charge in [-0.1, -0.05) is 0 Å². The summed E-state index contributed by atoms with van der Waals surface area (Å²) in [4.78, 5) is 13.4. The molecule has 2 N–H and O–H groups in total. The Labute approximate surface area is 109 Å². The van der Waals surface area contributed by atoms with E-state index >= 15 is 0 Å². The van der Waals surface area contributed by atoms with Crippen molar-refractivity contribution in [3.63, 3.8) is 0 Å². The van der Waals surface area contributed by atoms with Gasteiger partial charge in [-0.25, -0.2) is 0 Å². The summed E-state index contributed by atoms with van der Waals surface area (Å²) in [5, 5.41) is 13.0. The molecule has 0 aromatic rings. The fourth-order valence-corrected chi connectivity index (χ4v) is 2.19. The minimum absolute atomic E-state index is 0.142. The average molecular weight is 258 g/mol. The Kier molecular flexibility index (Phi) is 7.96. The van der Waals surface area contributed by atoms with Crippen LogP contribution in [0.1, 0.15) is 32.6 Å². The largest absolute Gasteiger partial charge is 0.466 e. The van der Waals surface area contributed by atoms with Crippen LogP contribution in [0.2, 0.25) is 0 Å². The van der Waals surface area contributed by atoms with Crippen LogP contribution >= 0.6 is 0 Å². The maximum Gasteiger partial charge on any atom is 0.305 e. The molecule has 1 atom stereocenters. The zero-order valence-electron chi connectivity index (χ0n) is 11.4. The first-order valence-corrected chi connectivity index (χ1v) is 6.99. The molecule has 1 aliphatic rings. The molecular formula is C13H26N2O3. The van der Waals surface area contributed by atoms with Gasteiger partial charge in [0.25, 0.3) is 0 Å². The third-order valence-electron chi connectivity index (χ3n) is 3.09. The lowest BCUT2D eigenvalue weighted by Crippen LogP contribution is -2.37. The fraction of sp³-hybridized carbons (Fsp3) is 0.923. The first kappa shape index (κ1) is 15.4. The van der Waals surface area contributed by atoms with Gasteiger partial charge in [-0.05, 0) is 45.8 Å². The number of ether oxygens (including phenoxy) is 1. The lowest BCUT2D eigenvalue weighted by Gasteiger charge is -2.19. The normalized spacial score (nSPS) is 17.9. The summed E-state index contributed by atoms with van der Waals surface area (Å²) < 4.78 is 4.84. The summed E-state index contributed by atoms with van der Waals surface area (Å²) in [5.41, 5.74) is 0. The van der Waals surface area contributed by atoms with Crippen molar-refractivity contribution in [3.8, 4) is 0 Å². The van der Waals surface area contributed by atoms with Gasteiger partial charge in [-0.2, -0.15) is 0 Å². The predicted octanol–water partition coefficient (Wildman–Crippen LogP) is 0.376. The van der Waals surface area contributed by atoms with E-state index in [4.69, 9.17) is 4.74 Å². The van der Waals surface area contributed by atoms with Crippen LogP contribution in [0.25, 0.3) is 0 Å². The molecule has 0 amide bonds. The number of carbonyl (C=O) groups is 1. The summed E-state index contributed by atoms with van der Waals surface area (Å²) in [6, 6.07) is 0. The Morgan fingerprint density at radius 1 is 1.44 bits per heavy atom. The summed E-state index contributed by atoms with van der Waals surface area (Å²) in [7, 11) is 0. The van der Waals surface area contributed by atoms with Crippen molar-refractivity contribution < 1.29 is 14.6 Å². The first-order valence-electron chi connectivity index (χ1n) is 6.99. The number of aliphatic hydroxyl groups is 1. The molecule has 0 spiro atoms. The smallest absolute Gasteiger partial charge is 0.305 e. The molecule has 0 aromatic carbocycles. The van der Waals surface area contributed by atoms with Crippen molar-refractivity contribution in [3.05, 3.63) is 0 Å². The Morgan fingerprint density at radius 2 is 2.17 bits per heavy atom. The molecule has 0 aliphatic carbocycles. The number of nitrogens with zero attached hydrogens (tertiary/aromatic N) is 1. The zero-order chi connectivity index (χ0) is 13.2. The highest BCUT2D eigenvalue weighted by atomic mass is 16.5. The Balaban J connectivity index is 1.91. The topological polar surface area (TPSA) is 61.8 Å². The zero-order valence-corrected chi connectivity index (χ0v) is 11.4. The molecule has 1 unspecified atom stereocenters. The molecule has 1 saturated heterocycles. The Morgan fingerprint density at radius 3 is 2.83 bits per heavy atom. The summed E-state index contributed by atoms with van der Waals surface area (Å²) in [5.74, 6) is -0.142. The Bertz CT molecular complexity index is 230. The van der Waals surface area contributed by atoms with Crippen LogP contribution < -0.4 is 5.32 Å². The fourth-order valence-electron chi connectivity index (χ4n) is 2.19. The van der Waals surface area contributed by atoms with E-state index in [-0.39, 0.29) is 12.1 Å². The van der Waals surface area contributed by atoms with Crippen molar-refractivity contribution in [2.24, 2.45) is 0 Å². The number of likely N-dealkylation sites (tertiary alicyclic amines) is 1. The van der Waals surface area contributed by atoms with Crippen LogP contribution in [0.15, 0.2) is 0 Å². The number of β-amino-alcohol motifs (C(OH)–C–C–N with tert-alkyl or cyclic N) is 1. The van der Waals surface area contributed by atoms with Gasteiger partial charge in [-0.3, -0.25) is 4.79 Å². The highest BCUT2D eigenvalue weighted by molar-refractivity contribution is 5.69. The summed E-state index contributed by atoms with van der Waals surface area (Å²) in [6.45, 7) is 6.57. The van der Waals surface area contributed by atoms with Crippen molar-refractivity contribution in [2.75, 3.05) is 39.3 Å². The number of hydrogen-bond donors (Lipinski definition) is 2. The molecule has 1 fully saturated rings. The van der Waals surface area contributed by atoms with Crippen LogP contribution in [-0.4, -0.2) is 61.4 Å². The van der Waals surface area contributed by atoms with Gasteiger partial charge < -0.3 is 20.1 Å². The van der Waals surface area contributed by atoms with Crippen LogP contribution in [0, 0.1) is 0 Å². The van der Waals surface area contributed by atoms with Crippen molar-refractivity contribution in [1.29, 1.82) is 0 Å². The van der Waals surface area contributed by atoms with Crippen LogP contribution in [0.3, 0.4) is 0 Å². The van der Waals surface area contributed by atoms with Gasteiger partial charge in [0.1, 0.15) is 0 Å². The SMILES string of the molecule is CCOC(=O)CCCNCC(O)CN1CCCC1. The average Bonchev–Trinajstić information content (AvgIpc) is 2.81. The third-order valence-corrected chi connectivity index (χ3v) is 3.09. The Hall–Kier alpha value is -0.650. The molecule has 5 nitrogen and oxygen atoms in total. The third kappa shape index (κ3) is 6.93. The monoisotopic (exact) mass is 258 g/mol. The number of carbonyl (C=O) groups excluding carboxylic acids is 1. The van der Waals surface area contributed by atoms with Crippen molar-refractivity contribution in [1.82, 2.24) is 10.2 Å². The van der Waals surface area contributed by atoms with Crippen LogP contribution in [0.4, 0.5) is 0 Å². The second-order valence-corrected chi connectivity index (χ2v) is 4.77. The van der Waals surface area contributed by atoms with Gasteiger partial charge in [-0.15, -0.1) is 0 Å². The highest BCUT2D eigenvalue weighted by Gasteiger charge is 2.15. The standard InChI is InChI=1S/C13H26N2O3/c1-2-18-13(17)6-5-7-14-10-12(16)11-15-8-3-4-9-15/h12,14,16H,2-11H2,1H3. The molecule has 1 aliphatic heterocycles. The van der Waals surface area contributed by atoms with Crippen LogP contribution in [-0.2, 0) is 9.53 Å². The molecular weight excluding hydrogens is 232 g/mol. The number of aliphatic hydroxyl groups excluding tert-OH is 1. The summed E-state index contributed by atoms with van der Waals surface area (Å²) in [6.07, 6.45) is 3.39. The quantitative estimate of drug-likeness (QED) is 0.462. The van der Waals surface area contributed by atoms with E-state index in [2.05, 4.69) is 10.2 Å². The van der Waals surface area contributed by atoms with E-state index < -0.39 is 0 Å². The van der Waals surface area contributed by atoms with E-state index in [0.29, 0.717) is 19.6 Å². The van der Waals surface area contributed by atoms with E-state index in [1.165, 1.54) is 12.8 Å². The number of rotatable bonds is 9. The van der Waals surface area contributed by atoms with Gasteiger partial charge in [0.05, 0.1) is 12.7 Å². The minimum Gasteiger partial charge on any atom is -0.466 e. The number of nitrogens with one attached hydrogen (secondary N) is 1. The molecule has 0 bridgehead atoms. The molecule has 0 aromatic heterocycles. The lowest BCUT2D eigenvalue weighted by atomic mass is 10.3. The minimum atomic E-state index is -0.314. The van der Waals surface area contributed by atoms with E-state index in [0.717, 1.165) is 32.6 Å².